The summed E-state index contributed by atoms with van der Waals surface area (Å²) in [6.45, 7) is 3.35. The summed E-state index contributed by atoms with van der Waals surface area (Å²) in [6.07, 6.45) is 7.80. The highest BCUT2D eigenvalue weighted by atomic mass is 127. The highest BCUT2D eigenvalue weighted by Gasteiger charge is 2.35. The Hall–Kier alpha value is -1.59. The van der Waals surface area contributed by atoms with Crippen molar-refractivity contribution in [1.82, 2.24) is 10.2 Å². The van der Waals surface area contributed by atoms with Gasteiger partial charge in [-0.2, -0.15) is 0 Å². The van der Waals surface area contributed by atoms with Gasteiger partial charge in [0.2, 0.25) is 10.0 Å². The van der Waals surface area contributed by atoms with Crippen molar-refractivity contribution in [1.29, 1.82) is 0 Å². The second-order valence-corrected chi connectivity index (χ2v) is 9.86. The summed E-state index contributed by atoms with van der Waals surface area (Å²) < 4.78 is 28.3. The fourth-order valence-corrected chi connectivity index (χ4v) is 5.06. The van der Waals surface area contributed by atoms with Gasteiger partial charge in [0.05, 0.1) is 17.7 Å². The van der Waals surface area contributed by atoms with E-state index in [1.807, 2.05) is 12.1 Å². The lowest BCUT2D eigenvalue weighted by Gasteiger charge is -2.22. The molecule has 0 amide bonds. The number of benzene rings is 1. The van der Waals surface area contributed by atoms with E-state index in [0.29, 0.717) is 6.54 Å². The average molecular weight is 558 g/mol. The van der Waals surface area contributed by atoms with Crippen LogP contribution in [0.25, 0.3) is 0 Å². The summed E-state index contributed by atoms with van der Waals surface area (Å²) in [7, 11) is -3.68. The van der Waals surface area contributed by atoms with E-state index in [4.69, 9.17) is 14.5 Å². The number of furan rings is 1. The van der Waals surface area contributed by atoms with Crippen molar-refractivity contribution < 1.29 is 12.8 Å². The third kappa shape index (κ3) is 6.45. The van der Waals surface area contributed by atoms with Crippen LogP contribution in [0, 0.1) is 11.8 Å². The predicted molar refractivity (Wildman–Crippen MR) is 132 cm³/mol. The van der Waals surface area contributed by atoms with Crippen molar-refractivity contribution in [2.24, 2.45) is 22.0 Å². The first-order valence-electron chi connectivity index (χ1n) is 10.7. The van der Waals surface area contributed by atoms with E-state index in [-0.39, 0.29) is 28.9 Å². The fraction of sp³-hybridized carbons (Fsp3) is 0.500. The van der Waals surface area contributed by atoms with E-state index < -0.39 is 10.0 Å². The van der Waals surface area contributed by atoms with Crippen LogP contribution in [0.1, 0.15) is 37.0 Å². The highest BCUT2D eigenvalue weighted by molar-refractivity contribution is 14.0. The number of halogens is 1. The third-order valence-corrected chi connectivity index (χ3v) is 7.10. The molecule has 1 saturated carbocycles. The topological polar surface area (TPSA) is 101 Å². The smallest absolute Gasteiger partial charge is 0.238 e. The molecule has 2 heterocycles. The van der Waals surface area contributed by atoms with Gasteiger partial charge in [0.1, 0.15) is 5.76 Å². The summed E-state index contributed by atoms with van der Waals surface area (Å²) in [4.78, 5) is 7.38. The molecule has 2 fully saturated rings. The summed E-state index contributed by atoms with van der Waals surface area (Å²) in [5, 5.41) is 8.70. The number of likely N-dealkylation sites (tertiary alicyclic amines) is 1. The third-order valence-electron chi connectivity index (χ3n) is 6.17. The Bertz CT molecular complexity index is 947. The van der Waals surface area contributed by atoms with Crippen LogP contribution in [0.4, 0.5) is 0 Å². The first-order chi connectivity index (χ1) is 14.5. The number of sulfonamides is 1. The molecule has 31 heavy (non-hydrogen) atoms. The number of nitrogens with zero attached hydrogens (tertiary/aromatic N) is 2. The molecule has 7 nitrogen and oxygen atoms in total. The Kier molecular flexibility index (Phi) is 8.40. The molecule has 2 aromatic rings. The number of aliphatic imine (C=N–C) groups is 1. The molecule has 3 N–H and O–H groups in total. The molecule has 2 atom stereocenters. The fourth-order valence-electron chi connectivity index (χ4n) is 4.55. The molecule has 0 spiro atoms. The van der Waals surface area contributed by atoms with Crippen LogP contribution in [-0.4, -0.2) is 38.9 Å². The SMILES string of the molecule is I.NS(=O)(=O)c1ccc(CN=C(NCCc2ccco2)N2CC3CCCCC3C2)cc1. The molecule has 0 bridgehead atoms. The van der Waals surface area contributed by atoms with Gasteiger partial charge in [-0.15, -0.1) is 24.0 Å². The van der Waals surface area contributed by atoms with Crippen LogP contribution in [-0.2, 0) is 23.0 Å². The van der Waals surface area contributed by atoms with Crippen LogP contribution in [0.3, 0.4) is 0 Å². The monoisotopic (exact) mass is 558 g/mol. The lowest BCUT2D eigenvalue weighted by molar-refractivity contribution is 0.299. The van der Waals surface area contributed by atoms with Crippen molar-refractivity contribution in [3.8, 4) is 0 Å². The quantitative estimate of drug-likeness (QED) is 0.322. The van der Waals surface area contributed by atoms with Crippen LogP contribution in [0.15, 0.2) is 57.0 Å². The van der Waals surface area contributed by atoms with Gasteiger partial charge in [0.15, 0.2) is 5.96 Å². The van der Waals surface area contributed by atoms with E-state index in [1.54, 1.807) is 18.4 Å². The van der Waals surface area contributed by atoms with Crippen molar-refractivity contribution in [2.45, 2.75) is 43.5 Å². The maximum Gasteiger partial charge on any atom is 0.238 e. The van der Waals surface area contributed by atoms with E-state index in [9.17, 15) is 8.42 Å². The van der Waals surface area contributed by atoms with Crippen molar-refractivity contribution >= 4 is 40.0 Å². The first kappa shape index (κ1) is 24.1. The van der Waals surface area contributed by atoms with Gasteiger partial charge in [-0.3, -0.25) is 0 Å². The van der Waals surface area contributed by atoms with Crippen LogP contribution >= 0.6 is 24.0 Å². The van der Waals surface area contributed by atoms with Gasteiger partial charge < -0.3 is 14.6 Å². The zero-order chi connectivity index (χ0) is 21.0. The maximum absolute atomic E-state index is 11.4. The minimum Gasteiger partial charge on any atom is -0.469 e. The molecule has 0 radical (unpaired) electrons. The normalized spacial score (nSPS) is 21.5. The molecule has 170 valence electrons. The largest absolute Gasteiger partial charge is 0.469 e. The molecule has 1 aliphatic heterocycles. The van der Waals surface area contributed by atoms with E-state index >= 15 is 0 Å². The standard InChI is InChI=1S/C22H30N4O3S.HI/c23-30(27,28)21-9-7-17(8-10-21)14-25-22(24-12-11-20-6-3-13-29-20)26-15-18-4-1-2-5-19(18)16-26;/h3,6-10,13,18-19H,1-2,4-5,11-12,14-16H2,(H,24,25)(H2,23,27,28);1H. The minimum absolute atomic E-state index is 0. The zero-order valence-corrected chi connectivity index (χ0v) is 20.7. The zero-order valence-electron chi connectivity index (χ0n) is 17.6. The Morgan fingerprint density at radius 3 is 2.39 bits per heavy atom. The lowest BCUT2D eigenvalue weighted by Crippen LogP contribution is -2.41. The summed E-state index contributed by atoms with van der Waals surface area (Å²) in [6, 6.07) is 10.5. The second-order valence-electron chi connectivity index (χ2n) is 8.29. The van der Waals surface area contributed by atoms with Gasteiger partial charge in [-0.25, -0.2) is 18.5 Å². The number of primary sulfonamides is 1. The van der Waals surface area contributed by atoms with Gasteiger partial charge in [0, 0.05) is 26.1 Å². The highest BCUT2D eigenvalue weighted by Crippen LogP contribution is 2.36. The Labute approximate surface area is 201 Å². The number of guanidine groups is 1. The number of hydrogen-bond donors (Lipinski definition) is 2. The number of hydrogen-bond acceptors (Lipinski definition) is 4. The lowest BCUT2D eigenvalue weighted by atomic mass is 9.82. The molecule has 2 aliphatic rings. The van der Waals surface area contributed by atoms with Crippen LogP contribution in [0.5, 0.6) is 0 Å². The molecular weight excluding hydrogens is 527 g/mol. The van der Waals surface area contributed by atoms with Crippen molar-refractivity contribution in [3.05, 3.63) is 54.0 Å². The molecule has 2 unspecified atom stereocenters. The maximum atomic E-state index is 11.4. The Morgan fingerprint density at radius 2 is 1.81 bits per heavy atom. The molecule has 9 heteroatoms. The number of nitrogens with two attached hydrogens (primary N) is 1. The van der Waals surface area contributed by atoms with E-state index in [1.165, 1.54) is 37.8 Å². The van der Waals surface area contributed by atoms with E-state index in [2.05, 4.69) is 10.2 Å². The number of nitrogens with one attached hydrogen (secondary N) is 1. The summed E-state index contributed by atoms with van der Waals surface area (Å²) in [5.41, 5.74) is 0.948. The molecule has 1 aliphatic carbocycles. The molecular formula is C22H31IN4O3S. The summed E-state index contributed by atoms with van der Waals surface area (Å²) >= 11 is 0. The van der Waals surface area contributed by atoms with Crippen molar-refractivity contribution in [2.75, 3.05) is 19.6 Å². The summed E-state index contributed by atoms with van der Waals surface area (Å²) in [5.74, 6) is 3.41. The van der Waals surface area contributed by atoms with Crippen molar-refractivity contribution in [3.63, 3.8) is 0 Å². The molecule has 4 rings (SSSR count). The Balaban J connectivity index is 0.00000272. The first-order valence-corrected chi connectivity index (χ1v) is 12.2. The predicted octanol–water partition coefficient (Wildman–Crippen LogP) is 3.36. The molecule has 1 aromatic carbocycles. The van der Waals surface area contributed by atoms with Gasteiger partial charge >= 0.3 is 0 Å². The van der Waals surface area contributed by atoms with Crippen LogP contribution < -0.4 is 10.5 Å². The van der Waals surface area contributed by atoms with Gasteiger partial charge in [-0.05, 0) is 54.5 Å². The van der Waals surface area contributed by atoms with Gasteiger partial charge in [-0.1, -0.05) is 25.0 Å². The minimum atomic E-state index is -3.68. The van der Waals surface area contributed by atoms with Gasteiger partial charge in [0.25, 0.3) is 0 Å². The Morgan fingerprint density at radius 1 is 1.13 bits per heavy atom. The molecule has 1 saturated heterocycles. The van der Waals surface area contributed by atoms with E-state index in [0.717, 1.165) is 55.2 Å². The second kappa shape index (κ2) is 10.8. The van der Waals surface area contributed by atoms with Crippen LogP contribution in [0.2, 0.25) is 0 Å². The number of rotatable bonds is 6. The molecule has 1 aromatic heterocycles. The average Bonchev–Trinajstić information content (AvgIpc) is 3.39. The number of fused-ring (bicyclic) bond motifs is 1.